The van der Waals surface area contributed by atoms with Gasteiger partial charge in [0.25, 0.3) is 0 Å². The first kappa shape index (κ1) is 13.0. The van der Waals surface area contributed by atoms with Crippen molar-refractivity contribution in [3.63, 3.8) is 0 Å². The number of rotatable bonds is 3. The van der Waals surface area contributed by atoms with Crippen molar-refractivity contribution < 1.29 is 4.92 Å². The topological polar surface area (TPSA) is 43.1 Å². The minimum Gasteiger partial charge on any atom is -0.259 e. The summed E-state index contributed by atoms with van der Waals surface area (Å²) in [5.41, 5.74) is 0.827. The number of halogens is 2. The normalized spacial score (nSPS) is 11.9. The van der Waals surface area contributed by atoms with Crippen LogP contribution < -0.4 is 0 Å². The van der Waals surface area contributed by atoms with Crippen LogP contribution in [0.2, 0.25) is 10.0 Å². The largest absolute Gasteiger partial charge is 0.259 e. The van der Waals surface area contributed by atoms with Crippen molar-refractivity contribution >= 4 is 29.3 Å². The van der Waals surface area contributed by atoms with Gasteiger partial charge in [0.2, 0.25) is 5.70 Å². The second-order valence-electron chi connectivity index (χ2n) is 3.65. The summed E-state index contributed by atoms with van der Waals surface area (Å²) in [6.45, 7) is 3.54. The maximum absolute atomic E-state index is 10.8. The van der Waals surface area contributed by atoms with Crippen LogP contribution in [-0.2, 0) is 0 Å². The van der Waals surface area contributed by atoms with E-state index in [4.69, 9.17) is 23.2 Å². The summed E-state index contributed by atoms with van der Waals surface area (Å²) >= 11 is 11.6. The van der Waals surface area contributed by atoms with Crippen LogP contribution in [0.25, 0.3) is 6.08 Å². The van der Waals surface area contributed by atoms with E-state index in [0.29, 0.717) is 15.6 Å². The molecular formula is C11H11Cl2NO2. The van der Waals surface area contributed by atoms with Gasteiger partial charge in [-0.2, -0.15) is 0 Å². The molecule has 16 heavy (non-hydrogen) atoms. The van der Waals surface area contributed by atoms with E-state index in [0.717, 1.165) is 0 Å². The maximum atomic E-state index is 10.8. The van der Waals surface area contributed by atoms with E-state index < -0.39 is 0 Å². The fraction of sp³-hybridized carbons (Fsp3) is 0.273. The highest BCUT2D eigenvalue weighted by atomic mass is 35.5. The van der Waals surface area contributed by atoms with Gasteiger partial charge in [-0.3, -0.25) is 10.1 Å². The highest BCUT2D eigenvalue weighted by Crippen LogP contribution is 2.24. The van der Waals surface area contributed by atoms with Crippen molar-refractivity contribution in [3.8, 4) is 0 Å². The second kappa shape index (κ2) is 5.32. The Labute approximate surface area is 104 Å². The minimum absolute atomic E-state index is 0.149. The number of benzene rings is 1. The molecule has 0 aliphatic rings. The Morgan fingerprint density at radius 1 is 1.38 bits per heavy atom. The molecule has 1 aromatic rings. The summed E-state index contributed by atoms with van der Waals surface area (Å²) < 4.78 is 0. The number of hydrogen-bond acceptors (Lipinski definition) is 2. The van der Waals surface area contributed by atoms with E-state index >= 15 is 0 Å². The Hall–Kier alpha value is -1.06. The number of nitrogens with zero attached hydrogens (tertiary/aromatic N) is 1. The Morgan fingerprint density at radius 3 is 2.44 bits per heavy atom. The second-order valence-corrected chi connectivity index (χ2v) is 4.47. The van der Waals surface area contributed by atoms with Gasteiger partial charge in [-0.15, -0.1) is 0 Å². The molecule has 0 heterocycles. The molecule has 0 spiro atoms. The van der Waals surface area contributed by atoms with Crippen LogP contribution >= 0.6 is 23.2 Å². The molecule has 3 nitrogen and oxygen atoms in total. The lowest BCUT2D eigenvalue weighted by molar-refractivity contribution is -0.431. The molecule has 0 fully saturated rings. The molecule has 0 unspecified atom stereocenters. The van der Waals surface area contributed by atoms with Gasteiger partial charge in [-0.1, -0.05) is 43.1 Å². The van der Waals surface area contributed by atoms with E-state index in [9.17, 15) is 10.1 Å². The lowest BCUT2D eigenvalue weighted by atomic mass is 10.1. The molecule has 0 aromatic heterocycles. The van der Waals surface area contributed by atoms with E-state index in [1.165, 1.54) is 6.08 Å². The predicted octanol–water partition coefficient (Wildman–Crippen LogP) is 4.27. The highest BCUT2D eigenvalue weighted by molar-refractivity contribution is 6.42. The van der Waals surface area contributed by atoms with Gasteiger partial charge in [0, 0.05) is 12.0 Å². The molecule has 0 radical (unpaired) electrons. The van der Waals surface area contributed by atoms with Crippen LogP contribution in [0.1, 0.15) is 19.4 Å². The molecule has 0 amide bonds. The number of hydrogen-bond donors (Lipinski definition) is 0. The Bertz CT molecular complexity index is 442. The third kappa shape index (κ3) is 3.22. The van der Waals surface area contributed by atoms with Crippen molar-refractivity contribution in [2.24, 2.45) is 5.92 Å². The average Bonchev–Trinajstić information content (AvgIpc) is 2.18. The molecule has 0 aliphatic heterocycles. The standard InChI is InChI=1S/C11H11Cl2NO2/c1-7(2)11(14(15)16)6-8-3-4-9(12)10(13)5-8/h3-7H,1-2H3/b11-6-. The highest BCUT2D eigenvalue weighted by Gasteiger charge is 2.15. The van der Waals surface area contributed by atoms with Crippen LogP contribution in [0.3, 0.4) is 0 Å². The van der Waals surface area contributed by atoms with Crippen molar-refractivity contribution in [3.05, 3.63) is 49.6 Å². The zero-order valence-corrected chi connectivity index (χ0v) is 10.4. The average molecular weight is 260 g/mol. The first-order chi connectivity index (χ1) is 7.41. The molecule has 0 N–H and O–H groups in total. The molecule has 0 saturated heterocycles. The van der Waals surface area contributed by atoms with E-state index in [-0.39, 0.29) is 16.5 Å². The molecule has 0 atom stereocenters. The summed E-state index contributed by atoms with van der Waals surface area (Å²) in [7, 11) is 0. The zero-order valence-electron chi connectivity index (χ0n) is 8.91. The first-order valence-corrected chi connectivity index (χ1v) is 5.48. The number of nitro groups is 1. The molecule has 86 valence electrons. The summed E-state index contributed by atoms with van der Waals surface area (Å²) in [6.07, 6.45) is 1.51. The van der Waals surface area contributed by atoms with Gasteiger partial charge in [0.1, 0.15) is 0 Å². The molecular weight excluding hydrogens is 249 g/mol. The Morgan fingerprint density at radius 2 is 2.00 bits per heavy atom. The van der Waals surface area contributed by atoms with Gasteiger partial charge in [0.15, 0.2) is 0 Å². The fourth-order valence-electron chi connectivity index (χ4n) is 1.20. The van der Waals surface area contributed by atoms with Gasteiger partial charge in [-0.25, -0.2) is 0 Å². The lowest BCUT2D eigenvalue weighted by Gasteiger charge is -2.02. The van der Waals surface area contributed by atoms with Crippen LogP contribution in [-0.4, -0.2) is 4.92 Å². The molecule has 0 saturated carbocycles. The Balaban J connectivity index is 3.13. The van der Waals surface area contributed by atoms with Gasteiger partial charge < -0.3 is 0 Å². The Kier molecular flexibility index (Phi) is 4.33. The van der Waals surface area contributed by atoms with Crippen molar-refractivity contribution in [1.29, 1.82) is 0 Å². The summed E-state index contributed by atoms with van der Waals surface area (Å²) in [5, 5.41) is 11.6. The molecule has 1 rings (SSSR count). The summed E-state index contributed by atoms with van der Waals surface area (Å²) in [5.74, 6) is -0.149. The number of allylic oxidation sites excluding steroid dienone is 1. The fourth-order valence-corrected chi connectivity index (χ4v) is 1.51. The van der Waals surface area contributed by atoms with Crippen molar-refractivity contribution in [2.75, 3.05) is 0 Å². The van der Waals surface area contributed by atoms with E-state index in [2.05, 4.69) is 0 Å². The van der Waals surface area contributed by atoms with Crippen LogP contribution in [0.5, 0.6) is 0 Å². The third-order valence-electron chi connectivity index (χ3n) is 2.06. The van der Waals surface area contributed by atoms with E-state index in [1.807, 2.05) is 0 Å². The van der Waals surface area contributed by atoms with Crippen molar-refractivity contribution in [2.45, 2.75) is 13.8 Å². The first-order valence-electron chi connectivity index (χ1n) is 4.73. The molecule has 1 aromatic carbocycles. The summed E-state index contributed by atoms with van der Waals surface area (Å²) in [6, 6.07) is 4.92. The van der Waals surface area contributed by atoms with E-state index in [1.54, 1.807) is 32.0 Å². The SMILES string of the molecule is CC(C)/C(=C/c1ccc(Cl)c(Cl)c1)[N+](=O)[O-]. The van der Waals surface area contributed by atoms with Crippen LogP contribution in [0.4, 0.5) is 0 Å². The molecule has 0 aliphatic carbocycles. The lowest BCUT2D eigenvalue weighted by Crippen LogP contribution is -2.05. The monoisotopic (exact) mass is 259 g/mol. The smallest absolute Gasteiger partial charge is 0.249 e. The van der Waals surface area contributed by atoms with Gasteiger partial charge >= 0.3 is 0 Å². The summed E-state index contributed by atoms with van der Waals surface area (Å²) in [4.78, 5) is 10.4. The molecule has 0 bridgehead atoms. The predicted molar refractivity (Wildman–Crippen MR) is 66.3 cm³/mol. The van der Waals surface area contributed by atoms with Crippen molar-refractivity contribution in [1.82, 2.24) is 0 Å². The quantitative estimate of drug-likeness (QED) is 0.601. The van der Waals surface area contributed by atoms with Crippen LogP contribution in [0, 0.1) is 16.0 Å². The molecule has 5 heteroatoms. The third-order valence-corrected chi connectivity index (χ3v) is 2.80. The maximum Gasteiger partial charge on any atom is 0.249 e. The van der Waals surface area contributed by atoms with Gasteiger partial charge in [0.05, 0.1) is 15.0 Å². The minimum atomic E-state index is -0.382. The zero-order chi connectivity index (χ0) is 12.3. The van der Waals surface area contributed by atoms with Crippen LogP contribution in [0.15, 0.2) is 23.9 Å². The van der Waals surface area contributed by atoms with Gasteiger partial charge in [-0.05, 0) is 17.7 Å².